The van der Waals surface area contributed by atoms with Gasteiger partial charge in [-0.1, -0.05) is 0 Å². The summed E-state index contributed by atoms with van der Waals surface area (Å²) in [5, 5.41) is 8.17. The molecule has 0 aliphatic rings. The maximum atomic E-state index is 12.7. The van der Waals surface area contributed by atoms with Gasteiger partial charge in [-0.3, -0.25) is 4.79 Å². The number of nitrogens with zero attached hydrogens (tertiary/aromatic N) is 3. The second-order valence-electron chi connectivity index (χ2n) is 5.91. The molecule has 0 bridgehead atoms. The number of amides is 1. The van der Waals surface area contributed by atoms with Gasteiger partial charge in [-0.2, -0.15) is 5.10 Å². The highest BCUT2D eigenvalue weighted by Gasteiger charge is 2.13. The second-order valence-corrected chi connectivity index (χ2v) is 5.91. The summed E-state index contributed by atoms with van der Waals surface area (Å²) < 4.78 is 1.62. The van der Waals surface area contributed by atoms with E-state index >= 15 is 0 Å². The molecular formula is C19H17N5O. The van der Waals surface area contributed by atoms with E-state index in [9.17, 15) is 4.79 Å². The Hall–Kier alpha value is -3.41. The molecule has 124 valence electrons. The number of aromatic amines is 1. The largest absolute Gasteiger partial charge is 0.358 e. The van der Waals surface area contributed by atoms with Gasteiger partial charge in [-0.15, -0.1) is 0 Å². The van der Waals surface area contributed by atoms with E-state index in [0.29, 0.717) is 17.1 Å². The lowest BCUT2D eigenvalue weighted by molar-refractivity contribution is 0.102. The maximum Gasteiger partial charge on any atom is 0.255 e. The third-order valence-electron chi connectivity index (χ3n) is 4.33. The predicted octanol–water partition coefficient (Wildman–Crippen LogP) is 3.62. The van der Waals surface area contributed by atoms with Crippen LogP contribution in [-0.2, 0) is 0 Å². The Morgan fingerprint density at radius 3 is 2.84 bits per heavy atom. The van der Waals surface area contributed by atoms with E-state index in [2.05, 4.69) is 20.4 Å². The zero-order valence-electron chi connectivity index (χ0n) is 13.9. The summed E-state index contributed by atoms with van der Waals surface area (Å²) in [5.74, 6) is 0.400. The number of carbonyl (C=O) groups excluding carboxylic acids is 1. The van der Waals surface area contributed by atoms with Crippen LogP contribution in [0.2, 0.25) is 0 Å². The summed E-state index contributed by atoms with van der Waals surface area (Å²) in [4.78, 5) is 20.4. The molecule has 0 saturated carbocycles. The minimum absolute atomic E-state index is 0.179. The lowest BCUT2D eigenvalue weighted by Gasteiger charge is -2.10. The lowest BCUT2D eigenvalue weighted by atomic mass is 10.1. The van der Waals surface area contributed by atoms with Crippen LogP contribution in [0.15, 0.2) is 55.0 Å². The molecule has 0 aliphatic heterocycles. The summed E-state index contributed by atoms with van der Waals surface area (Å²) in [7, 11) is 0. The topological polar surface area (TPSA) is 75.6 Å². The number of anilines is 1. The van der Waals surface area contributed by atoms with Gasteiger partial charge < -0.3 is 10.3 Å². The Bertz CT molecular complexity index is 1060. The van der Waals surface area contributed by atoms with E-state index in [1.54, 1.807) is 29.3 Å². The van der Waals surface area contributed by atoms with Crippen molar-refractivity contribution in [2.75, 3.05) is 5.32 Å². The molecule has 0 aliphatic carbocycles. The zero-order valence-corrected chi connectivity index (χ0v) is 13.9. The smallest absolute Gasteiger partial charge is 0.255 e. The van der Waals surface area contributed by atoms with Crippen LogP contribution in [0.4, 0.5) is 5.69 Å². The fourth-order valence-corrected chi connectivity index (χ4v) is 2.87. The van der Waals surface area contributed by atoms with Gasteiger partial charge in [0.1, 0.15) is 0 Å². The summed E-state index contributed by atoms with van der Waals surface area (Å²) in [6.45, 7) is 4.08. The molecule has 4 aromatic rings. The number of H-pyrrole nitrogens is 1. The van der Waals surface area contributed by atoms with Gasteiger partial charge >= 0.3 is 0 Å². The first-order valence-electron chi connectivity index (χ1n) is 7.99. The average molecular weight is 331 g/mol. The van der Waals surface area contributed by atoms with Gasteiger partial charge in [0.05, 0.1) is 5.69 Å². The molecule has 4 rings (SSSR count). The first kappa shape index (κ1) is 15.1. The van der Waals surface area contributed by atoms with Crippen LogP contribution in [0, 0.1) is 13.8 Å². The van der Waals surface area contributed by atoms with Gasteiger partial charge in [0.25, 0.3) is 5.91 Å². The number of hydrogen-bond acceptors (Lipinski definition) is 3. The molecule has 1 aromatic carbocycles. The normalized spacial score (nSPS) is 11.0. The Kier molecular flexibility index (Phi) is 3.57. The molecule has 0 fully saturated rings. The number of aromatic nitrogens is 4. The molecule has 0 radical (unpaired) electrons. The molecule has 0 saturated heterocycles. The van der Waals surface area contributed by atoms with Crippen molar-refractivity contribution in [3.63, 3.8) is 0 Å². The van der Waals surface area contributed by atoms with Crippen molar-refractivity contribution in [3.8, 4) is 5.82 Å². The van der Waals surface area contributed by atoms with Crippen LogP contribution in [-0.4, -0.2) is 25.7 Å². The standard InChI is InChI=1S/C19H17N5O/c1-12-13(2)22-16-7-6-14(11-15(12)16)19(25)23-17-5-3-8-20-18(17)24-10-4-9-21-24/h3-11,22H,1-2H3,(H,23,25). The number of hydrogen-bond donors (Lipinski definition) is 2. The molecule has 1 amide bonds. The van der Waals surface area contributed by atoms with Crippen LogP contribution in [0.1, 0.15) is 21.6 Å². The molecule has 0 atom stereocenters. The summed E-state index contributed by atoms with van der Waals surface area (Å²) in [5.41, 5.74) is 4.51. The SMILES string of the molecule is Cc1[nH]c2ccc(C(=O)Nc3cccnc3-n3cccn3)cc2c1C. The average Bonchev–Trinajstić information content (AvgIpc) is 3.24. The number of pyridine rings is 1. The third kappa shape index (κ3) is 2.67. The van der Waals surface area contributed by atoms with E-state index in [1.165, 1.54) is 0 Å². The van der Waals surface area contributed by atoms with E-state index in [4.69, 9.17) is 0 Å². The molecular weight excluding hydrogens is 314 g/mol. The van der Waals surface area contributed by atoms with E-state index in [-0.39, 0.29) is 5.91 Å². The lowest BCUT2D eigenvalue weighted by Crippen LogP contribution is -2.14. The minimum Gasteiger partial charge on any atom is -0.358 e. The summed E-state index contributed by atoms with van der Waals surface area (Å²) in [6, 6.07) is 11.1. The summed E-state index contributed by atoms with van der Waals surface area (Å²) >= 11 is 0. The number of rotatable bonds is 3. The van der Waals surface area contributed by atoms with Crippen molar-refractivity contribution in [1.82, 2.24) is 19.7 Å². The molecule has 0 unspecified atom stereocenters. The predicted molar refractivity (Wildman–Crippen MR) is 97.1 cm³/mol. The number of carbonyl (C=O) groups is 1. The van der Waals surface area contributed by atoms with Gasteiger partial charge in [-0.25, -0.2) is 9.67 Å². The van der Waals surface area contributed by atoms with Crippen LogP contribution < -0.4 is 5.32 Å². The van der Waals surface area contributed by atoms with Crippen LogP contribution in [0.25, 0.3) is 16.7 Å². The molecule has 3 heterocycles. The fraction of sp³-hybridized carbons (Fsp3) is 0.105. The quantitative estimate of drug-likeness (QED) is 0.602. The van der Waals surface area contributed by atoms with E-state index in [0.717, 1.165) is 22.2 Å². The maximum absolute atomic E-state index is 12.7. The van der Waals surface area contributed by atoms with Crippen molar-refractivity contribution >= 4 is 22.5 Å². The third-order valence-corrected chi connectivity index (χ3v) is 4.33. The molecule has 2 N–H and O–H groups in total. The molecule has 25 heavy (non-hydrogen) atoms. The van der Waals surface area contributed by atoms with Gasteiger partial charge in [0.15, 0.2) is 5.82 Å². The van der Waals surface area contributed by atoms with Crippen molar-refractivity contribution in [1.29, 1.82) is 0 Å². The first-order valence-corrected chi connectivity index (χ1v) is 7.99. The van der Waals surface area contributed by atoms with Gasteiger partial charge in [0.2, 0.25) is 0 Å². The van der Waals surface area contributed by atoms with Crippen molar-refractivity contribution in [3.05, 3.63) is 71.8 Å². The van der Waals surface area contributed by atoms with Crippen LogP contribution >= 0.6 is 0 Å². The number of fused-ring (bicyclic) bond motifs is 1. The molecule has 6 nitrogen and oxygen atoms in total. The van der Waals surface area contributed by atoms with Crippen LogP contribution in [0.3, 0.4) is 0 Å². The number of nitrogens with one attached hydrogen (secondary N) is 2. The molecule has 6 heteroatoms. The Balaban J connectivity index is 1.68. The van der Waals surface area contributed by atoms with Gasteiger partial charge in [-0.05, 0) is 55.8 Å². The zero-order chi connectivity index (χ0) is 17.4. The van der Waals surface area contributed by atoms with E-state index in [1.807, 2.05) is 44.2 Å². The number of aryl methyl sites for hydroxylation is 2. The second kappa shape index (κ2) is 5.90. The van der Waals surface area contributed by atoms with Crippen LogP contribution in [0.5, 0.6) is 0 Å². The van der Waals surface area contributed by atoms with Crippen molar-refractivity contribution < 1.29 is 4.79 Å². The first-order chi connectivity index (χ1) is 12.1. The Morgan fingerprint density at radius 2 is 2.04 bits per heavy atom. The highest BCUT2D eigenvalue weighted by molar-refractivity contribution is 6.07. The van der Waals surface area contributed by atoms with E-state index < -0.39 is 0 Å². The van der Waals surface area contributed by atoms with Crippen molar-refractivity contribution in [2.24, 2.45) is 0 Å². The van der Waals surface area contributed by atoms with Gasteiger partial charge in [0, 0.05) is 40.8 Å². The number of benzene rings is 1. The highest BCUT2D eigenvalue weighted by Crippen LogP contribution is 2.23. The Labute approximate surface area is 144 Å². The highest BCUT2D eigenvalue weighted by atomic mass is 16.1. The molecule has 3 aromatic heterocycles. The monoisotopic (exact) mass is 331 g/mol. The fourth-order valence-electron chi connectivity index (χ4n) is 2.87. The van der Waals surface area contributed by atoms with Crippen molar-refractivity contribution in [2.45, 2.75) is 13.8 Å². The minimum atomic E-state index is -0.179. The molecule has 0 spiro atoms. The Morgan fingerprint density at radius 1 is 1.16 bits per heavy atom. The summed E-state index contributed by atoms with van der Waals surface area (Å²) in [6.07, 6.45) is 5.13.